The summed E-state index contributed by atoms with van der Waals surface area (Å²) in [5, 5.41) is 6.33. The molecule has 0 aliphatic rings. The Labute approximate surface area is 119 Å². The summed E-state index contributed by atoms with van der Waals surface area (Å²) in [5.74, 6) is -0.394. The highest BCUT2D eigenvalue weighted by molar-refractivity contribution is 5.87. The fourth-order valence-electron chi connectivity index (χ4n) is 1.92. The predicted molar refractivity (Wildman–Crippen MR) is 77.6 cm³/mol. The molecule has 1 atom stereocenters. The van der Waals surface area contributed by atoms with Crippen molar-refractivity contribution < 1.29 is 9.53 Å². The molecule has 1 heterocycles. The third-order valence-corrected chi connectivity index (χ3v) is 3.25. The summed E-state index contributed by atoms with van der Waals surface area (Å²) in [6, 6.07) is 9.76. The third-order valence-electron chi connectivity index (χ3n) is 3.25. The van der Waals surface area contributed by atoms with Gasteiger partial charge in [-0.3, -0.25) is 5.10 Å². The lowest BCUT2D eigenvalue weighted by molar-refractivity contribution is 0.0330. The van der Waals surface area contributed by atoms with Crippen LogP contribution in [0, 0.1) is 0 Å². The van der Waals surface area contributed by atoms with E-state index in [9.17, 15) is 4.79 Å². The van der Waals surface area contributed by atoms with E-state index >= 15 is 0 Å². The number of esters is 1. The van der Waals surface area contributed by atoms with E-state index in [2.05, 4.69) is 43.1 Å². The molecular formula is C16H20N2O2. The van der Waals surface area contributed by atoms with Crippen molar-refractivity contribution in [3.05, 3.63) is 53.3 Å². The van der Waals surface area contributed by atoms with Gasteiger partial charge in [-0.15, -0.1) is 0 Å². The minimum Gasteiger partial charge on any atom is -0.453 e. The van der Waals surface area contributed by atoms with Gasteiger partial charge in [0, 0.05) is 6.20 Å². The quantitative estimate of drug-likeness (QED) is 0.868. The van der Waals surface area contributed by atoms with Gasteiger partial charge in [-0.05, 0) is 29.5 Å². The van der Waals surface area contributed by atoms with Crippen LogP contribution in [0.2, 0.25) is 0 Å². The van der Waals surface area contributed by atoms with Crippen LogP contribution < -0.4 is 0 Å². The molecule has 1 unspecified atom stereocenters. The molecule has 20 heavy (non-hydrogen) atoms. The van der Waals surface area contributed by atoms with Crippen molar-refractivity contribution in [1.82, 2.24) is 10.2 Å². The molecule has 0 saturated heterocycles. The van der Waals surface area contributed by atoms with Gasteiger partial charge in [0.15, 0.2) is 0 Å². The van der Waals surface area contributed by atoms with Gasteiger partial charge in [0.25, 0.3) is 0 Å². The third kappa shape index (κ3) is 3.26. The van der Waals surface area contributed by atoms with Crippen LogP contribution in [-0.4, -0.2) is 16.2 Å². The summed E-state index contributed by atoms with van der Waals surface area (Å²) in [4.78, 5) is 11.8. The molecular weight excluding hydrogens is 252 g/mol. The highest BCUT2D eigenvalue weighted by Crippen LogP contribution is 2.25. The molecule has 0 fully saturated rings. The van der Waals surface area contributed by atoms with Crippen molar-refractivity contribution >= 4 is 5.97 Å². The molecule has 4 nitrogen and oxygen atoms in total. The van der Waals surface area contributed by atoms with Crippen LogP contribution in [-0.2, 0) is 10.2 Å². The van der Waals surface area contributed by atoms with Crippen LogP contribution in [0.3, 0.4) is 0 Å². The number of carbonyl (C=O) groups excluding carboxylic acids is 1. The number of benzene rings is 1. The lowest BCUT2D eigenvalue weighted by atomic mass is 9.86. The van der Waals surface area contributed by atoms with Crippen LogP contribution in [0.4, 0.5) is 0 Å². The Morgan fingerprint density at radius 3 is 2.35 bits per heavy atom. The summed E-state index contributed by atoms with van der Waals surface area (Å²) in [6.45, 7) is 8.37. The Kier molecular flexibility index (Phi) is 3.93. The first-order valence-electron chi connectivity index (χ1n) is 6.69. The zero-order valence-corrected chi connectivity index (χ0v) is 12.3. The van der Waals surface area contributed by atoms with Gasteiger partial charge in [0.2, 0.25) is 0 Å². The second kappa shape index (κ2) is 5.49. The molecule has 4 heteroatoms. The van der Waals surface area contributed by atoms with E-state index in [0.717, 1.165) is 5.56 Å². The molecule has 0 aliphatic carbocycles. The van der Waals surface area contributed by atoms with E-state index in [4.69, 9.17) is 4.74 Å². The Bertz CT molecular complexity index is 566. The van der Waals surface area contributed by atoms with Crippen molar-refractivity contribution in [2.24, 2.45) is 0 Å². The van der Waals surface area contributed by atoms with Gasteiger partial charge in [-0.25, -0.2) is 4.79 Å². The van der Waals surface area contributed by atoms with Crippen molar-refractivity contribution in [1.29, 1.82) is 0 Å². The topological polar surface area (TPSA) is 55.0 Å². The number of nitrogens with one attached hydrogen (secondary N) is 1. The second-order valence-electron chi connectivity index (χ2n) is 5.89. The fourth-order valence-corrected chi connectivity index (χ4v) is 1.92. The number of carbonyl (C=O) groups is 1. The molecule has 1 aromatic carbocycles. The van der Waals surface area contributed by atoms with Crippen LogP contribution in [0.25, 0.3) is 0 Å². The summed E-state index contributed by atoms with van der Waals surface area (Å²) in [5.41, 5.74) is 2.72. The van der Waals surface area contributed by atoms with Gasteiger partial charge in [0.1, 0.15) is 11.8 Å². The monoisotopic (exact) mass is 272 g/mol. The highest BCUT2D eigenvalue weighted by atomic mass is 16.5. The molecule has 2 aromatic rings. The van der Waals surface area contributed by atoms with E-state index < -0.39 is 5.97 Å². The summed E-state index contributed by atoms with van der Waals surface area (Å²) < 4.78 is 5.40. The van der Waals surface area contributed by atoms with Gasteiger partial charge < -0.3 is 4.74 Å². The summed E-state index contributed by atoms with van der Waals surface area (Å²) in [7, 11) is 0. The van der Waals surface area contributed by atoms with Crippen molar-refractivity contribution in [2.75, 3.05) is 0 Å². The SMILES string of the molecule is CC(OC(=O)c1ccn[nH]1)c1ccc(C(C)(C)C)cc1. The number of H-pyrrole nitrogens is 1. The molecule has 0 saturated carbocycles. The molecule has 0 bridgehead atoms. The summed E-state index contributed by atoms with van der Waals surface area (Å²) in [6.07, 6.45) is 1.24. The average Bonchev–Trinajstić information content (AvgIpc) is 2.91. The zero-order chi connectivity index (χ0) is 14.8. The number of hydrogen-bond acceptors (Lipinski definition) is 3. The maximum absolute atomic E-state index is 11.8. The van der Waals surface area contributed by atoms with Crippen molar-refractivity contribution in [2.45, 2.75) is 39.2 Å². The summed E-state index contributed by atoms with van der Waals surface area (Å²) >= 11 is 0. The first-order valence-corrected chi connectivity index (χ1v) is 6.69. The standard InChI is InChI=1S/C16H20N2O2/c1-11(20-15(19)14-9-10-17-18-14)12-5-7-13(8-6-12)16(2,3)4/h5-11H,1-4H3,(H,17,18). The van der Waals surface area contributed by atoms with Gasteiger partial charge in [-0.2, -0.15) is 5.10 Å². The molecule has 2 rings (SSSR count). The Morgan fingerprint density at radius 1 is 1.20 bits per heavy atom. The largest absolute Gasteiger partial charge is 0.453 e. The number of rotatable bonds is 3. The number of aromatic nitrogens is 2. The second-order valence-corrected chi connectivity index (χ2v) is 5.89. The Morgan fingerprint density at radius 2 is 1.85 bits per heavy atom. The lowest BCUT2D eigenvalue weighted by Crippen LogP contribution is -2.12. The van der Waals surface area contributed by atoms with Crippen LogP contribution >= 0.6 is 0 Å². The van der Waals surface area contributed by atoms with Crippen LogP contribution in [0.15, 0.2) is 36.5 Å². The maximum Gasteiger partial charge on any atom is 0.356 e. The van der Waals surface area contributed by atoms with Crippen molar-refractivity contribution in [3.63, 3.8) is 0 Å². The molecule has 0 aliphatic heterocycles. The minimum absolute atomic E-state index is 0.119. The molecule has 106 valence electrons. The van der Waals surface area contributed by atoms with E-state index in [1.54, 1.807) is 6.07 Å². The molecule has 0 amide bonds. The number of aromatic amines is 1. The first-order chi connectivity index (χ1) is 9.38. The van der Waals surface area contributed by atoms with Crippen LogP contribution in [0.5, 0.6) is 0 Å². The number of nitrogens with zero attached hydrogens (tertiary/aromatic N) is 1. The normalized spacial score (nSPS) is 13.0. The predicted octanol–water partition coefficient (Wildman–Crippen LogP) is 3.63. The van der Waals surface area contributed by atoms with Gasteiger partial charge >= 0.3 is 5.97 Å². The van der Waals surface area contributed by atoms with Crippen LogP contribution in [0.1, 0.15) is 55.4 Å². The molecule has 1 N–H and O–H groups in total. The number of ether oxygens (including phenoxy) is 1. The molecule has 0 spiro atoms. The molecule has 0 radical (unpaired) electrons. The lowest BCUT2D eigenvalue weighted by Gasteiger charge is -2.20. The van der Waals surface area contributed by atoms with E-state index in [1.165, 1.54) is 11.8 Å². The minimum atomic E-state index is -0.394. The van der Waals surface area contributed by atoms with E-state index in [-0.39, 0.29) is 11.5 Å². The Hall–Kier alpha value is -2.10. The fraction of sp³-hybridized carbons (Fsp3) is 0.375. The van der Waals surface area contributed by atoms with E-state index in [1.807, 2.05) is 19.1 Å². The van der Waals surface area contributed by atoms with E-state index in [0.29, 0.717) is 5.69 Å². The first kappa shape index (κ1) is 14.3. The zero-order valence-electron chi connectivity index (χ0n) is 12.3. The smallest absolute Gasteiger partial charge is 0.356 e. The number of hydrogen-bond donors (Lipinski definition) is 1. The average molecular weight is 272 g/mol. The van der Waals surface area contributed by atoms with Gasteiger partial charge in [-0.1, -0.05) is 45.0 Å². The maximum atomic E-state index is 11.8. The van der Waals surface area contributed by atoms with Crippen molar-refractivity contribution in [3.8, 4) is 0 Å². The molecule has 1 aromatic heterocycles. The van der Waals surface area contributed by atoms with Gasteiger partial charge in [0.05, 0.1) is 0 Å². The Balaban J connectivity index is 2.06. The highest BCUT2D eigenvalue weighted by Gasteiger charge is 2.17.